The van der Waals surface area contributed by atoms with Gasteiger partial charge >= 0.3 is 0 Å². The summed E-state index contributed by atoms with van der Waals surface area (Å²) in [5, 5.41) is 0. The zero-order valence-corrected chi connectivity index (χ0v) is 9.34. The van der Waals surface area contributed by atoms with Gasteiger partial charge in [0.05, 0.1) is 0 Å². The quantitative estimate of drug-likeness (QED) is 0.616. The molecule has 0 aromatic rings. The van der Waals surface area contributed by atoms with Gasteiger partial charge in [-0.1, -0.05) is 13.8 Å². The summed E-state index contributed by atoms with van der Waals surface area (Å²) < 4.78 is 0. The lowest BCUT2D eigenvalue weighted by molar-refractivity contribution is -0.114. The van der Waals surface area contributed by atoms with Crippen molar-refractivity contribution in [2.45, 2.75) is 57.0 Å². The lowest BCUT2D eigenvalue weighted by atomic mass is 9.42. The third-order valence-electron chi connectivity index (χ3n) is 5.36. The molecule has 2 nitrogen and oxygen atoms in total. The van der Waals surface area contributed by atoms with Gasteiger partial charge in [0.2, 0.25) is 0 Å². The molecular formula is C12H22N2. The van der Waals surface area contributed by atoms with Gasteiger partial charge < -0.3 is 11.5 Å². The molecule has 0 aliphatic heterocycles. The second-order valence-corrected chi connectivity index (χ2v) is 6.87. The van der Waals surface area contributed by atoms with Crippen LogP contribution in [-0.4, -0.2) is 11.1 Å². The average molecular weight is 194 g/mol. The highest BCUT2D eigenvalue weighted by atomic mass is 14.9. The summed E-state index contributed by atoms with van der Waals surface area (Å²) in [6, 6.07) is 0. The third kappa shape index (κ3) is 0.989. The van der Waals surface area contributed by atoms with E-state index < -0.39 is 0 Å². The number of hydrogen-bond acceptors (Lipinski definition) is 2. The van der Waals surface area contributed by atoms with Gasteiger partial charge in [0.25, 0.3) is 0 Å². The molecule has 2 heteroatoms. The fourth-order valence-corrected chi connectivity index (χ4v) is 5.15. The zero-order valence-electron chi connectivity index (χ0n) is 9.34. The van der Waals surface area contributed by atoms with Crippen molar-refractivity contribution in [1.82, 2.24) is 0 Å². The van der Waals surface area contributed by atoms with E-state index in [1.165, 1.54) is 25.7 Å². The molecule has 3 unspecified atom stereocenters. The Bertz CT molecular complexity index is 268. The van der Waals surface area contributed by atoms with Gasteiger partial charge in [-0.2, -0.15) is 0 Å². The van der Waals surface area contributed by atoms with E-state index in [4.69, 9.17) is 11.5 Å². The highest BCUT2D eigenvalue weighted by molar-refractivity contribution is 5.18. The average Bonchev–Trinajstić information content (AvgIpc) is 1.94. The molecule has 4 bridgehead atoms. The molecule has 4 rings (SSSR count). The Morgan fingerprint density at radius 2 is 1.50 bits per heavy atom. The van der Waals surface area contributed by atoms with Gasteiger partial charge in [0, 0.05) is 11.1 Å². The summed E-state index contributed by atoms with van der Waals surface area (Å²) in [6.45, 7) is 4.82. The number of hydrogen-bond donors (Lipinski definition) is 2. The van der Waals surface area contributed by atoms with Crippen molar-refractivity contribution in [3.05, 3.63) is 0 Å². The van der Waals surface area contributed by atoms with Crippen LogP contribution in [-0.2, 0) is 0 Å². The molecule has 0 radical (unpaired) electrons. The van der Waals surface area contributed by atoms with E-state index in [2.05, 4.69) is 13.8 Å². The Labute approximate surface area is 86.4 Å². The van der Waals surface area contributed by atoms with Crippen LogP contribution in [0.4, 0.5) is 0 Å². The molecule has 0 aromatic carbocycles. The van der Waals surface area contributed by atoms with Gasteiger partial charge in [0.15, 0.2) is 0 Å². The van der Waals surface area contributed by atoms with Crippen LogP contribution in [0.25, 0.3) is 0 Å². The first-order valence-corrected chi connectivity index (χ1v) is 5.92. The van der Waals surface area contributed by atoms with E-state index >= 15 is 0 Å². The van der Waals surface area contributed by atoms with E-state index in [0.29, 0.717) is 5.41 Å². The van der Waals surface area contributed by atoms with Gasteiger partial charge in [-0.3, -0.25) is 0 Å². The van der Waals surface area contributed by atoms with Crippen LogP contribution in [0.3, 0.4) is 0 Å². The molecule has 0 spiro atoms. The molecule has 0 heterocycles. The van der Waals surface area contributed by atoms with Crippen LogP contribution in [0.15, 0.2) is 0 Å². The molecule has 4 N–H and O–H groups in total. The van der Waals surface area contributed by atoms with Crippen molar-refractivity contribution in [1.29, 1.82) is 0 Å². The van der Waals surface area contributed by atoms with Crippen LogP contribution >= 0.6 is 0 Å². The van der Waals surface area contributed by atoms with Crippen molar-refractivity contribution in [2.24, 2.45) is 28.7 Å². The van der Waals surface area contributed by atoms with Gasteiger partial charge in [-0.25, -0.2) is 0 Å². The molecule has 4 aliphatic rings. The van der Waals surface area contributed by atoms with E-state index in [1.54, 1.807) is 0 Å². The standard InChI is InChI=1S/C12H22N2/c1-8-9-3-11(13)5-10(8,2)6-12(14,4-9)7-11/h8-9H,3-7,13-14H2,1-2H3. The van der Waals surface area contributed by atoms with E-state index in [-0.39, 0.29) is 11.1 Å². The Kier molecular flexibility index (Phi) is 1.44. The largest absolute Gasteiger partial charge is 0.325 e. The minimum atomic E-state index is 0.0805. The van der Waals surface area contributed by atoms with Crippen LogP contribution in [0, 0.1) is 17.3 Å². The second-order valence-electron chi connectivity index (χ2n) is 6.87. The van der Waals surface area contributed by atoms with Crippen molar-refractivity contribution < 1.29 is 0 Å². The highest BCUT2D eigenvalue weighted by Gasteiger charge is 2.62. The molecule has 4 saturated carbocycles. The molecule has 4 aliphatic carbocycles. The summed E-state index contributed by atoms with van der Waals surface area (Å²) in [5.74, 6) is 1.63. The Hall–Kier alpha value is -0.0800. The maximum absolute atomic E-state index is 6.47. The summed E-state index contributed by atoms with van der Waals surface area (Å²) in [7, 11) is 0. The predicted molar refractivity (Wildman–Crippen MR) is 57.7 cm³/mol. The van der Waals surface area contributed by atoms with Crippen molar-refractivity contribution in [3.63, 3.8) is 0 Å². The zero-order chi connectivity index (χ0) is 10.2. The summed E-state index contributed by atoms with van der Waals surface area (Å²) in [6.07, 6.45) is 5.93. The molecule has 80 valence electrons. The van der Waals surface area contributed by atoms with E-state index in [1.807, 2.05) is 0 Å². The van der Waals surface area contributed by atoms with Crippen molar-refractivity contribution in [2.75, 3.05) is 0 Å². The minimum absolute atomic E-state index is 0.0805. The first-order valence-electron chi connectivity index (χ1n) is 5.92. The fourth-order valence-electron chi connectivity index (χ4n) is 5.15. The lowest BCUT2D eigenvalue weighted by Gasteiger charge is -2.66. The van der Waals surface area contributed by atoms with E-state index in [0.717, 1.165) is 18.3 Å². The van der Waals surface area contributed by atoms with Crippen LogP contribution < -0.4 is 11.5 Å². The van der Waals surface area contributed by atoms with Crippen LogP contribution in [0.2, 0.25) is 0 Å². The summed E-state index contributed by atoms with van der Waals surface area (Å²) in [5.41, 5.74) is 13.5. The molecule has 3 atom stereocenters. The van der Waals surface area contributed by atoms with Crippen molar-refractivity contribution >= 4 is 0 Å². The lowest BCUT2D eigenvalue weighted by Crippen LogP contribution is -2.71. The Morgan fingerprint density at radius 1 is 1.00 bits per heavy atom. The molecule has 0 aromatic heterocycles. The Morgan fingerprint density at radius 3 is 1.93 bits per heavy atom. The topological polar surface area (TPSA) is 52.0 Å². The highest BCUT2D eigenvalue weighted by Crippen LogP contribution is 2.63. The Balaban J connectivity index is 2.06. The number of rotatable bonds is 0. The van der Waals surface area contributed by atoms with Gasteiger partial charge in [-0.15, -0.1) is 0 Å². The minimum Gasteiger partial charge on any atom is -0.325 e. The molecule has 14 heavy (non-hydrogen) atoms. The maximum atomic E-state index is 6.47. The van der Waals surface area contributed by atoms with Crippen LogP contribution in [0.5, 0.6) is 0 Å². The first kappa shape index (κ1) is 9.17. The second kappa shape index (κ2) is 2.19. The smallest absolute Gasteiger partial charge is 0.0179 e. The van der Waals surface area contributed by atoms with Crippen molar-refractivity contribution in [3.8, 4) is 0 Å². The first-order chi connectivity index (χ1) is 6.34. The molecule has 0 saturated heterocycles. The maximum Gasteiger partial charge on any atom is 0.0179 e. The summed E-state index contributed by atoms with van der Waals surface area (Å²) in [4.78, 5) is 0. The third-order valence-corrected chi connectivity index (χ3v) is 5.36. The normalized spacial score (nSPS) is 66.0. The van der Waals surface area contributed by atoms with Crippen LogP contribution in [0.1, 0.15) is 46.0 Å². The van der Waals surface area contributed by atoms with E-state index in [9.17, 15) is 0 Å². The molecular weight excluding hydrogens is 172 g/mol. The predicted octanol–water partition coefficient (Wildman–Crippen LogP) is 1.63. The van der Waals surface area contributed by atoms with Gasteiger partial charge in [0.1, 0.15) is 0 Å². The fraction of sp³-hybridized carbons (Fsp3) is 1.00. The SMILES string of the molecule is CC1C2CC3(N)CC(N)(C2)CC1(C)C3. The summed E-state index contributed by atoms with van der Waals surface area (Å²) >= 11 is 0. The molecule has 4 fully saturated rings. The number of nitrogens with two attached hydrogens (primary N) is 2. The monoisotopic (exact) mass is 194 g/mol. The van der Waals surface area contributed by atoms with Gasteiger partial charge in [-0.05, 0) is 49.4 Å². The molecule has 0 amide bonds.